The van der Waals surface area contributed by atoms with E-state index in [0.717, 1.165) is 50.8 Å². The van der Waals surface area contributed by atoms with Crippen molar-refractivity contribution in [3.05, 3.63) is 82.9 Å². The van der Waals surface area contributed by atoms with Gasteiger partial charge in [0.2, 0.25) is 6.79 Å². The van der Waals surface area contributed by atoms with Crippen molar-refractivity contribution in [3.8, 4) is 22.6 Å². The molecule has 212 valence electrons. The fourth-order valence-electron chi connectivity index (χ4n) is 4.48. The quantitative estimate of drug-likeness (QED) is 0.228. The summed E-state index contributed by atoms with van der Waals surface area (Å²) in [6.45, 7) is 4.68. The molecule has 9 heteroatoms. The maximum atomic E-state index is 13.4. The number of hydrogen-bond donors (Lipinski definition) is 2. The fraction of sp³-hybridized carbons (Fsp3) is 0.355. The van der Waals surface area contributed by atoms with Gasteiger partial charge in [0.1, 0.15) is 6.04 Å². The molecular formula is C31H35NO6S2. The molecule has 0 aliphatic carbocycles. The molecule has 0 saturated carbocycles. The minimum absolute atomic E-state index is 0.155. The molecule has 4 rings (SSSR count). The third-order valence-corrected chi connectivity index (χ3v) is 8.26. The number of aryl methyl sites for hydroxylation is 1. The van der Waals surface area contributed by atoms with Crippen LogP contribution in [0.25, 0.3) is 11.1 Å². The highest BCUT2D eigenvalue weighted by molar-refractivity contribution is 7.99. The summed E-state index contributed by atoms with van der Waals surface area (Å²) in [6, 6.07) is 18.4. The van der Waals surface area contributed by atoms with Gasteiger partial charge in [0.05, 0.1) is 12.7 Å². The Kier molecular flexibility index (Phi) is 10.8. The summed E-state index contributed by atoms with van der Waals surface area (Å²) in [7, 11) is 0. The van der Waals surface area contributed by atoms with Crippen molar-refractivity contribution in [2.45, 2.75) is 39.0 Å². The van der Waals surface area contributed by atoms with E-state index in [-0.39, 0.29) is 12.9 Å². The van der Waals surface area contributed by atoms with Crippen LogP contribution in [0.2, 0.25) is 0 Å². The second-order valence-electron chi connectivity index (χ2n) is 9.41. The van der Waals surface area contributed by atoms with Crippen LogP contribution >= 0.6 is 23.5 Å². The SMILES string of the molecule is CCSC[C@H](OCc1ccc(C(=O)N[C@@H](CCSC)C(=O)O)c(-c2ccccc2C)c1)c1ccc2c(c1)OCO2. The number of aliphatic carboxylic acids is 1. The maximum Gasteiger partial charge on any atom is 0.326 e. The van der Waals surface area contributed by atoms with Crippen LogP contribution in [0.5, 0.6) is 11.5 Å². The molecule has 0 bridgehead atoms. The van der Waals surface area contributed by atoms with Crippen LogP contribution in [-0.4, -0.2) is 53.3 Å². The number of carbonyl (C=O) groups is 2. The summed E-state index contributed by atoms with van der Waals surface area (Å²) in [5.74, 6) is 2.41. The molecule has 7 nitrogen and oxygen atoms in total. The lowest BCUT2D eigenvalue weighted by atomic mass is 9.93. The zero-order valence-electron chi connectivity index (χ0n) is 23.0. The normalized spacial score (nSPS) is 13.6. The molecule has 0 unspecified atom stereocenters. The van der Waals surface area contributed by atoms with E-state index in [1.54, 1.807) is 29.6 Å². The van der Waals surface area contributed by atoms with Crippen molar-refractivity contribution in [3.63, 3.8) is 0 Å². The standard InChI is InChI=1S/C31H35NO6S2/c1-4-40-18-29(22-10-12-27-28(16-22)38-19-37-27)36-17-21-9-11-24(25(15-21)23-8-6-5-7-20(23)2)30(33)32-26(31(34)35)13-14-39-3/h5-12,15-16,26,29H,4,13-14,17-19H2,1-3H3,(H,32,33)(H,34,35)/t26-,29-/m0/s1. The van der Waals surface area contributed by atoms with Crippen LogP contribution in [0.1, 0.15) is 46.5 Å². The predicted octanol–water partition coefficient (Wildman–Crippen LogP) is 6.34. The molecule has 40 heavy (non-hydrogen) atoms. The molecule has 1 aliphatic heterocycles. The fourth-order valence-corrected chi connectivity index (χ4v) is 5.69. The lowest BCUT2D eigenvalue weighted by Gasteiger charge is -2.20. The molecule has 1 amide bonds. The Balaban J connectivity index is 1.60. The molecule has 0 saturated heterocycles. The summed E-state index contributed by atoms with van der Waals surface area (Å²) < 4.78 is 17.5. The maximum absolute atomic E-state index is 13.4. The molecule has 2 N–H and O–H groups in total. The third kappa shape index (κ3) is 7.53. The first-order valence-electron chi connectivity index (χ1n) is 13.2. The molecule has 1 aliphatic rings. The summed E-state index contributed by atoms with van der Waals surface area (Å²) >= 11 is 3.35. The predicted molar refractivity (Wildman–Crippen MR) is 162 cm³/mol. The van der Waals surface area contributed by atoms with Gasteiger partial charge in [-0.2, -0.15) is 23.5 Å². The van der Waals surface area contributed by atoms with E-state index in [1.165, 1.54) is 0 Å². The number of nitrogens with one attached hydrogen (secondary N) is 1. The van der Waals surface area contributed by atoms with Crippen molar-refractivity contribution < 1.29 is 28.9 Å². The van der Waals surface area contributed by atoms with E-state index in [9.17, 15) is 14.7 Å². The molecule has 2 atom stereocenters. The van der Waals surface area contributed by atoms with E-state index in [4.69, 9.17) is 14.2 Å². The Morgan fingerprint density at radius 2 is 1.85 bits per heavy atom. The van der Waals surface area contributed by atoms with Crippen LogP contribution < -0.4 is 14.8 Å². The number of fused-ring (bicyclic) bond motifs is 1. The van der Waals surface area contributed by atoms with Gasteiger partial charge < -0.3 is 24.6 Å². The molecule has 1 heterocycles. The van der Waals surface area contributed by atoms with Gasteiger partial charge in [0.15, 0.2) is 11.5 Å². The third-order valence-electron chi connectivity index (χ3n) is 6.67. The Morgan fingerprint density at radius 1 is 1.05 bits per heavy atom. The Morgan fingerprint density at radius 3 is 2.60 bits per heavy atom. The van der Waals surface area contributed by atoms with Gasteiger partial charge in [0.25, 0.3) is 5.91 Å². The number of carboxylic acid groups (broad SMARTS) is 1. The van der Waals surface area contributed by atoms with Crippen molar-refractivity contribution in [1.82, 2.24) is 5.32 Å². The van der Waals surface area contributed by atoms with Gasteiger partial charge in [0, 0.05) is 11.3 Å². The Bertz CT molecular complexity index is 1330. The number of carbonyl (C=O) groups excluding carboxylic acids is 1. The zero-order chi connectivity index (χ0) is 28.5. The second kappa shape index (κ2) is 14.5. The monoisotopic (exact) mass is 581 g/mol. The van der Waals surface area contributed by atoms with Gasteiger partial charge in [-0.05, 0) is 83.2 Å². The minimum Gasteiger partial charge on any atom is -0.480 e. The number of carboxylic acids is 1. The smallest absolute Gasteiger partial charge is 0.326 e. The largest absolute Gasteiger partial charge is 0.480 e. The number of thioether (sulfide) groups is 2. The summed E-state index contributed by atoms with van der Waals surface area (Å²) in [5, 5.41) is 12.4. The van der Waals surface area contributed by atoms with E-state index in [1.807, 2.05) is 67.8 Å². The molecule has 0 fully saturated rings. The van der Waals surface area contributed by atoms with Gasteiger partial charge >= 0.3 is 5.97 Å². The van der Waals surface area contributed by atoms with Crippen molar-refractivity contribution in [1.29, 1.82) is 0 Å². The second-order valence-corrected chi connectivity index (χ2v) is 11.7. The number of benzene rings is 3. The molecule has 0 radical (unpaired) electrons. The van der Waals surface area contributed by atoms with Crippen LogP contribution in [0.4, 0.5) is 0 Å². The number of amides is 1. The van der Waals surface area contributed by atoms with Crippen molar-refractivity contribution >= 4 is 35.4 Å². The Labute approximate surface area is 244 Å². The molecule has 0 spiro atoms. The first kappa shape index (κ1) is 29.8. The van der Waals surface area contributed by atoms with Gasteiger partial charge in [-0.25, -0.2) is 4.79 Å². The van der Waals surface area contributed by atoms with E-state index < -0.39 is 17.9 Å². The Hall–Kier alpha value is -3.14. The van der Waals surface area contributed by atoms with Crippen LogP contribution in [0.15, 0.2) is 60.7 Å². The van der Waals surface area contributed by atoms with Crippen LogP contribution in [-0.2, 0) is 16.1 Å². The number of hydrogen-bond acceptors (Lipinski definition) is 7. The lowest BCUT2D eigenvalue weighted by Crippen LogP contribution is -2.41. The van der Waals surface area contributed by atoms with Gasteiger partial charge in [-0.15, -0.1) is 0 Å². The summed E-state index contributed by atoms with van der Waals surface area (Å²) in [6.07, 6.45) is 2.11. The molecule has 0 aromatic heterocycles. The topological polar surface area (TPSA) is 94.1 Å². The van der Waals surface area contributed by atoms with E-state index >= 15 is 0 Å². The highest BCUT2D eigenvalue weighted by atomic mass is 32.2. The first-order chi connectivity index (χ1) is 19.4. The van der Waals surface area contributed by atoms with Gasteiger partial charge in [-0.3, -0.25) is 4.79 Å². The van der Waals surface area contributed by atoms with Crippen LogP contribution in [0.3, 0.4) is 0 Å². The summed E-state index contributed by atoms with van der Waals surface area (Å²) in [4.78, 5) is 25.1. The number of ether oxygens (including phenoxy) is 3. The molecule has 3 aromatic carbocycles. The summed E-state index contributed by atoms with van der Waals surface area (Å²) in [5.41, 5.74) is 5.05. The highest BCUT2D eigenvalue weighted by Gasteiger charge is 2.23. The van der Waals surface area contributed by atoms with E-state index in [0.29, 0.717) is 24.3 Å². The van der Waals surface area contributed by atoms with Crippen molar-refractivity contribution in [2.24, 2.45) is 0 Å². The van der Waals surface area contributed by atoms with Gasteiger partial charge in [-0.1, -0.05) is 43.3 Å². The average molecular weight is 582 g/mol. The van der Waals surface area contributed by atoms with E-state index in [2.05, 4.69) is 12.2 Å². The van der Waals surface area contributed by atoms with Crippen LogP contribution in [0, 0.1) is 6.92 Å². The first-order valence-corrected chi connectivity index (χ1v) is 15.8. The molecule has 3 aromatic rings. The number of rotatable bonds is 14. The highest BCUT2D eigenvalue weighted by Crippen LogP contribution is 2.36. The van der Waals surface area contributed by atoms with Crippen molar-refractivity contribution in [2.75, 3.05) is 30.3 Å². The molecular weight excluding hydrogens is 546 g/mol. The average Bonchev–Trinajstić information content (AvgIpc) is 3.43. The lowest BCUT2D eigenvalue weighted by molar-refractivity contribution is -0.139. The minimum atomic E-state index is -1.04. The zero-order valence-corrected chi connectivity index (χ0v) is 24.6.